The highest BCUT2D eigenvalue weighted by Crippen LogP contribution is 2.28. The average molecular weight is 234 g/mol. The standard InChI is InChI=1S/C13H22N4/c1-7-11(4)13(6,9-15)17-16-12(5,8-14)10(2)3/h10-11H,7H2,1-6H3. The molecule has 0 N–H and O–H groups in total. The van der Waals surface area contributed by atoms with Crippen molar-refractivity contribution < 1.29 is 0 Å². The van der Waals surface area contributed by atoms with Gasteiger partial charge in [-0.05, 0) is 25.7 Å². The van der Waals surface area contributed by atoms with E-state index >= 15 is 0 Å². The molecule has 0 fully saturated rings. The van der Waals surface area contributed by atoms with Crippen LogP contribution in [0.2, 0.25) is 0 Å². The van der Waals surface area contributed by atoms with Crippen LogP contribution in [0.1, 0.15) is 48.0 Å². The molecule has 0 saturated carbocycles. The third-order valence-electron chi connectivity index (χ3n) is 3.61. The topological polar surface area (TPSA) is 72.3 Å². The van der Waals surface area contributed by atoms with Crippen LogP contribution < -0.4 is 0 Å². The molecule has 0 bridgehead atoms. The lowest BCUT2D eigenvalue weighted by molar-refractivity contribution is 0.337. The first-order chi connectivity index (χ1) is 7.75. The molecule has 94 valence electrons. The molecule has 0 aromatic rings. The molecule has 17 heavy (non-hydrogen) atoms. The van der Waals surface area contributed by atoms with Crippen LogP contribution in [-0.2, 0) is 0 Å². The summed E-state index contributed by atoms with van der Waals surface area (Å²) in [5.74, 6) is 0.183. The Morgan fingerprint density at radius 3 is 1.71 bits per heavy atom. The lowest BCUT2D eigenvalue weighted by Crippen LogP contribution is -2.31. The fourth-order valence-electron chi connectivity index (χ4n) is 1.10. The summed E-state index contributed by atoms with van der Waals surface area (Å²) in [6.07, 6.45) is 0.855. The Labute approximate surface area is 104 Å². The number of rotatable bonds is 5. The molecule has 3 unspecified atom stereocenters. The van der Waals surface area contributed by atoms with Crippen LogP contribution in [0.4, 0.5) is 0 Å². The lowest BCUT2D eigenvalue weighted by Gasteiger charge is -2.25. The zero-order valence-corrected chi connectivity index (χ0v) is 11.7. The molecule has 0 rings (SSSR count). The fraction of sp³-hybridized carbons (Fsp3) is 0.846. The van der Waals surface area contributed by atoms with E-state index in [-0.39, 0.29) is 11.8 Å². The van der Waals surface area contributed by atoms with E-state index in [4.69, 9.17) is 5.26 Å². The fourth-order valence-corrected chi connectivity index (χ4v) is 1.10. The maximum absolute atomic E-state index is 9.21. The Balaban J connectivity index is 5.18. The van der Waals surface area contributed by atoms with Gasteiger partial charge in [0.05, 0.1) is 12.1 Å². The van der Waals surface area contributed by atoms with Crippen molar-refractivity contribution in [1.29, 1.82) is 10.5 Å². The van der Waals surface area contributed by atoms with Gasteiger partial charge in [0.2, 0.25) is 0 Å². The largest absolute Gasteiger partial charge is 0.196 e. The van der Waals surface area contributed by atoms with Crippen LogP contribution in [0, 0.1) is 34.5 Å². The molecule has 0 heterocycles. The summed E-state index contributed by atoms with van der Waals surface area (Å²) in [5, 5.41) is 26.6. The highest BCUT2D eigenvalue weighted by atomic mass is 15.2. The van der Waals surface area contributed by atoms with Gasteiger partial charge < -0.3 is 0 Å². The summed E-state index contributed by atoms with van der Waals surface area (Å²) < 4.78 is 0. The molecule has 0 radical (unpaired) electrons. The van der Waals surface area contributed by atoms with Gasteiger partial charge in [-0.2, -0.15) is 20.8 Å². The summed E-state index contributed by atoms with van der Waals surface area (Å²) in [5.41, 5.74) is -1.70. The van der Waals surface area contributed by atoms with Crippen molar-refractivity contribution in [3.8, 4) is 12.1 Å². The van der Waals surface area contributed by atoms with Crippen LogP contribution in [0.15, 0.2) is 10.2 Å². The molecular weight excluding hydrogens is 212 g/mol. The minimum Gasteiger partial charge on any atom is -0.196 e. The van der Waals surface area contributed by atoms with E-state index in [9.17, 15) is 5.26 Å². The molecule has 0 aliphatic carbocycles. The van der Waals surface area contributed by atoms with Crippen LogP contribution >= 0.6 is 0 Å². The van der Waals surface area contributed by atoms with Gasteiger partial charge >= 0.3 is 0 Å². The van der Waals surface area contributed by atoms with Gasteiger partial charge in [-0.25, -0.2) is 0 Å². The smallest absolute Gasteiger partial charge is 0.167 e. The molecule has 3 atom stereocenters. The number of azo groups is 1. The average Bonchev–Trinajstić information content (AvgIpc) is 2.33. The van der Waals surface area contributed by atoms with E-state index in [2.05, 4.69) is 22.4 Å². The van der Waals surface area contributed by atoms with E-state index in [1.807, 2.05) is 27.7 Å². The highest BCUT2D eigenvalue weighted by molar-refractivity contribution is 5.09. The molecule has 4 nitrogen and oxygen atoms in total. The third-order valence-corrected chi connectivity index (χ3v) is 3.61. The molecule has 0 aromatic carbocycles. The van der Waals surface area contributed by atoms with Gasteiger partial charge in [-0.1, -0.05) is 34.1 Å². The zero-order valence-electron chi connectivity index (χ0n) is 11.7. The quantitative estimate of drug-likeness (QED) is 0.680. The second kappa shape index (κ2) is 5.77. The van der Waals surface area contributed by atoms with Crippen molar-refractivity contribution >= 4 is 0 Å². The van der Waals surface area contributed by atoms with Crippen LogP contribution in [0.3, 0.4) is 0 Å². The van der Waals surface area contributed by atoms with Crippen molar-refractivity contribution in [2.75, 3.05) is 0 Å². The first kappa shape index (κ1) is 15.6. The first-order valence-corrected chi connectivity index (χ1v) is 6.02. The van der Waals surface area contributed by atoms with Crippen molar-refractivity contribution in [2.45, 2.75) is 59.0 Å². The third kappa shape index (κ3) is 3.53. The molecule has 0 aromatic heterocycles. The van der Waals surface area contributed by atoms with Crippen molar-refractivity contribution in [3.05, 3.63) is 0 Å². The molecule has 0 amide bonds. The minimum absolute atomic E-state index is 0.0659. The number of nitrogens with zero attached hydrogens (tertiary/aromatic N) is 4. The monoisotopic (exact) mass is 234 g/mol. The van der Waals surface area contributed by atoms with Gasteiger partial charge in [-0.15, -0.1) is 0 Å². The SMILES string of the molecule is CCC(C)C(C)(C#N)N=NC(C)(C#N)C(C)C. The Kier molecular flexibility index (Phi) is 5.29. The van der Waals surface area contributed by atoms with E-state index in [0.29, 0.717) is 0 Å². The van der Waals surface area contributed by atoms with E-state index < -0.39 is 11.1 Å². The van der Waals surface area contributed by atoms with Crippen LogP contribution in [-0.4, -0.2) is 11.1 Å². The summed E-state index contributed by atoms with van der Waals surface area (Å²) in [6, 6.07) is 4.36. The van der Waals surface area contributed by atoms with Gasteiger partial charge in [0.1, 0.15) is 0 Å². The predicted molar refractivity (Wildman–Crippen MR) is 67.2 cm³/mol. The second-order valence-electron chi connectivity index (χ2n) is 5.18. The van der Waals surface area contributed by atoms with Crippen molar-refractivity contribution in [1.82, 2.24) is 0 Å². The molecule has 0 saturated heterocycles. The molecule has 4 heteroatoms. The Morgan fingerprint density at radius 1 is 1.00 bits per heavy atom. The van der Waals surface area contributed by atoms with Gasteiger partial charge in [-0.3, -0.25) is 0 Å². The van der Waals surface area contributed by atoms with Crippen LogP contribution in [0.5, 0.6) is 0 Å². The number of hydrogen-bond donors (Lipinski definition) is 0. The summed E-state index contributed by atoms with van der Waals surface area (Å²) in [7, 11) is 0. The van der Waals surface area contributed by atoms with Crippen LogP contribution in [0.25, 0.3) is 0 Å². The summed E-state index contributed by atoms with van der Waals surface area (Å²) >= 11 is 0. The Hall–Kier alpha value is -1.42. The minimum atomic E-state index is -0.856. The highest BCUT2D eigenvalue weighted by Gasteiger charge is 2.33. The van der Waals surface area contributed by atoms with E-state index in [1.165, 1.54) is 0 Å². The molecule has 0 spiro atoms. The molecular formula is C13H22N4. The predicted octanol–water partition coefficient (Wildman–Crippen LogP) is 3.71. The Bertz CT molecular complexity index is 361. The molecule has 0 aliphatic heterocycles. The Morgan fingerprint density at radius 2 is 1.41 bits per heavy atom. The second-order valence-corrected chi connectivity index (χ2v) is 5.18. The lowest BCUT2D eigenvalue weighted by atomic mass is 9.87. The first-order valence-electron chi connectivity index (χ1n) is 6.02. The zero-order chi connectivity index (χ0) is 13.7. The maximum Gasteiger partial charge on any atom is 0.167 e. The van der Waals surface area contributed by atoms with Crippen molar-refractivity contribution in [3.63, 3.8) is 0 Å². The number of nitriles is 2. The van der Waals surface area contributed by atoms with Gasteiger partial charge in [0.15, 0.2) is 11.1 Å². The summed E-state index contributed by atoms with van der Waals surface area (Å²) in [6.45, 7) is 11.4. The van der Waals surface area contributed by atoms with E-state index in [0.717, 1.165) is 6.42 Å². The maximum atomic E-state index is 9.21. The molecule has 0 aliphatic rings. The van der Waals surface area contributed by atoms with Crippen molar-refractivity contribution in [2.24, 2.45) is 22.1 Å². The number of hydrogen-bond acceptors (Lipinski definition) is 4. The normalized spacial score (nSPS) is 20.3. The van der Waals surface area contributed by atoms with Gasteiger partial charge in [0, 0.05) is 0 Å². The van der Waals surface area contributed by atoms with E-state index in [1.54, 1.807) is 13.8 Å². The summed E-state index contributed by atoms with van der Waals surface area (Å²) in [4.78, 5) is 0. The van der Waals surface area contributed by atoms with Gasteiger partial charge in [0.25, 0.3) is 0 Å².